The average Bonchev–Trinajstić information content (AvgIpc) is 2.70. The molecule has 1 nitrogen and oxygen atoms in total. The predicted octanol–water partition coefficient (Wildman–Crippen LogP) is 6.02. The molecule has 26 heavy (non-hydrogen) atoms. The fraction of sp³-hybridized carbons (Fsp3) is 0. The van der Waals surface area contributed by atoms with Gasteiger partial charge in [0, 0.05) is 32.1 Å². The molecule has 1 aromatic heterocycles. The summed E-state index contributed by atoms with van der Waals surface area (Å²) < 4.78 is 14.6. The van der Waals surface area contributed by atoms with Crippen molar-refractivity contribution in [1.29, 1.82) is 0 Å². The van der Waals surface area contributed by atoms with E-state index in [1.165, 1.54) is 6.07 Å². The Bertz CT molecular complexity index is 1000. The number of nitrogens with zero attached hydrogens (tertiary/aromatic N) is 1. The van der Waals surface area contributed by atoms with Gasteiger partial charge < -0.3 is 4.98 Å². The maximum Gasteiger partial charge on any atom is 0.0456 e. The van der Waals surface area contributed by atoms with Crippen molar-refractivity contribution in [3.8, 4) is 33.5 Å². The zero-order chi connectivity index (χ0) is 17.1. The van der Waals surface area contributed by atoms with Crippen LogP contribution in [0.5, 0.6) is 0 Å². The van der Waals surface area contributed by atoms with Gasteiger partial charge >= 0.3 is 0 Å². The summed E-state index contributed by atoms with van der Waals surface area (Å²) in [7, 11) is 0. The van der Waals surface area contributed by atoms with Gasteiger partial charge in [-0.15, -0.1) is 23.8 Å². The fourth-order valence-corrected chi connectivity index (χ4v) is 2.94. The summed E-state index contributed by atoms with van der Waals surface area (Å²) in [5, 5.41) is 0. The van der Waals surface area contributed by atoms with Crippen LogP contribution in [-0.4, -0.2) is 4.98 Å². The molecule has 3 heteroatoms. The minimum atomic E-state index is -0.289. The molecule has 0 aliphatic heterocycles. The molecule has 3 aromatic carbocycles. The molecule has 0 spiro atoms. The summed E-state index contributed by atoms with van der Waals surface area (Å²) in [6, 6.07) is 29.7. The Kier molecular flexibility index (Phi) is 5.72. The number of hydrogen-bond acceptors (Lipinski definition) is 1. The molecule has 1 heterocycles. The molecule has 129 valence electrons. The Balaban J connectivity index is 0.00000196. The Morgan fingerprint density at radius 1 is 0.731 bits per heavy atom. The van der Waals surface area contributed by atoms with Gasteiger partial charge in [0.1, 0.15) is 0 Å². The van der Waals surface area contributed by atoms with E-state index >= 15 is 0 Å². The van der Waals surface area contributed by atoms with E-state index in [9.17, 15) is 4.39 Å². The van der Waals surface area contributed by atoms with Crippen molar-refractivity contribution >= 4 is 0 Å². The van der Waals surface area contributed by atoms with Crippen LogP contribution in [-0.2, 0) is 20.1 Å². The maximum absolute atomic E-state index is 14.6. The van der Waals surface area contributed by atoms with Crippen LogP contribution in [0.25, 0.3) is 33.5 Å². The van der Waals surface area contributed by atoms with Crippen LogP contribution in [0.15, 0.2) is 91.1 Å². The smallest absolute Gasteiger partial charge is 0.0456 e. The van der Waals surface area contributed by atoms with Crippen LogP contribution in [0, 0.1) is 11.9 Å². The summed E-state index contributed by atoms with van der Waals surface area (Å²) >= 11 is 0. The second kappa shape index (κ2) is 8.18. The van der Waals surface area contributed by atoms with Gasteiger partial charge in [0.2, 0.25) is 0 Å². The van der Waals surface area contributed by atoms with E-state index in [0.717, 1.165) is 27.9 Å². The van der Waals surface area contributed by atoms with Crippen molar-refractivity contribution in [3.05, 3.63) is 103 Å². The van der Waals surface area contributed by atoms with E-state index in [0.29, 0.717) is 5.56 Å². The van der Waals surface area contributed by atoms with E-state index in [4.69, 9.17) is 0 Å². The summed E-state index contributed by atoms with van der Waals surface area (Å²) in [5.41, 5.74) is 5.03. The zero-order valence-electron chi connectivity index (χ0n) is 13.8. The van der Waals surface area contributed by atoms with Crippen LogP contribution in [0.3, 0.4) is 0 Å². The third kappa shape index (κ3) is 3.65. The van der Waals surface area contributed by atoms with Crippen LogP contribution >= 0.6 is 0 Å². The number of rotatable bonds is 3. The third-order valence-corrected chi connectivity index (χ3v) is 4.14. The Morgan fingerprint density at radius 3 is 2.15 bits per heavy atom. The monoisotopic (exact) mass is 517 g/mol. The molecule has 1 radical (unpaired) electrons. The first-order valence-corrected chi connectivity index (χ1v) is 8.10. The standard InChI is InChI=1S/C23H15FN.Ir/c24-22-14-13-18(23-12-6-7-15-25-23)16-21(22)20-11-5-4-10-19(20)17-8-2-1-3-9-17;/h1-12,14-16H;/q-1;. The molecule has 4 rings (SSSR count). The van der Waals surface area contributed by atoms with Gasteiger partial charge in [-0.25, -0.2) is 0 Å². The van der Waals surface area contributed by atoms with Gasteiger partial charge in [-0.2, -0.15) is 0 Å². The van der Waals surface area contributed by atoms with Gasteiger partial charge in [-0.3, -0.25) is 4.39 Å². The topological polar surface area (TPSA) is 12.9 Å². The largest absolute Gasteiger partial charge is 0.305 e. The van der Waals surface area contributed by atoms with Crippen molar-refractivity contribution < 1.29 is 24.5 Å². The van der Waals surface area contributed by atoms with Crippen LogP contribution in [0.2, 0.25) is 0 Å². The maximum atomic E-state index is 14.6. The van der Waals surface area contributed by atoms with Gasteiger partial charge in [0.15, 0.2) is 0 Å². The molecular formula is C23H15FIrN-. The van der Waals surface area contributed by atoms with Crippen molar-refractivity contribution in [1.82, 2.24) is 4.98 Å². The Labute approximate surface area is 165 Å². The molecule has 0 fully saturated rings. The van der Waals surface area contributed by atoms with E-state index < -0.39 is 0 Å². The Morgan fingerprint density at radius 2 is 1.42 bits per heavy atom. The summed E-state index contributed by atoms with van der Waals surface area (Å²) in [5.74, 6) is -0.289. The number of halogens is 1. The minimum Gasteiger partial charge on any atom is -0.305 e. The molecule has 0 bridgehead atoms. The third-order valence-electron chi connectivity index (χ3n) is 4.14. The predicted molar refractivity (Wildman–Crippen MR) is 99.3 cm³/mol. The molecular weight excluding hydrogens is 501 g/mol. The molecule has 0 saturated heterocycles. The van der Waals surface area contributed by atoms with E-state index in [2.05, 4.69) is 11.1 Å². The second-order valence-electron chi connectivity index (χ2n) is 5.73. The SMILES string of the molecule is Fc1c[c-]c(-c2ccccn2)cc1-c1ccccc1-c1ccccc1.[Ir]. The molecule has 0 saturated carbocycles. The van der Waals surface area contributed by atoms with Gasteiger partial charge in [-0.1, -0.05) is 72.3 Å². The first-order valence-electron chi connectivity index (χ1n) is 8.10. The Hall–Kier alpha value is -2.61. The number of aromatic nitrogens is 1. The fourth-order valence-electron chi connectivity index (χ4n) is 2.94. The van der Waals surface area contributed by atoms with Crippen LogP contribution in [0.4, 0.5) is 4.39 Å². The first-order chi connectivity index (χ1) is 12.3. The molecule has 0 aliphatic rings. The number of hydrogen-bond donors (Lipinski definition) is 0. The molecule has 0 amide bonds. The van der Waals surface area contributed by atoms with Gasteiger partial charge in [0.25, 0.3) is 0 Å². The number of benzene rings is 3. The first kappa shape index (κ1) is 18.2. The van der Waals surface area contributed by atoms with Crippen LogP contribution in [0.1, 0.15) is 0 Å². The van der Waals surface area contributed by atoms with Crippen molar-refractivity contribution in [3.63, 3.8) is 0 Å². The van der Waals surface area contributed by atoms with Gasteiger partial charge in [-0.05, 0) is 28.5 Å². The summed E-state index contributed by atoms with van der Waals surface area (Å²) in [4.78, 5) is 4.34. The molecule has 0 aliphatic carbocycles. The summed E-state index contributed by atoms with van der Waals surface area (Å²) in [6.45, 7) is 0. The normalized spacial score (nSPS) is 10.2. The molecule has 0 atom stereocenters. The summed E-state index contributed by atoms with van der Waals surface area (Å²) in [6.07, 6.45) is 1.73. The molecule has 0 N–H and O–H groups in total. The van der Waals surface area contributed by atoms with Crippen molar-refractivity contribution in [2.45, 2.75) is 0 Å². The zero-order valence-corrected chi connectivity index (χ0v) is 16.2. The average molecular weight is 517 g/mol. The second-order valence-corrected chi connectivity index (χ2v) is 5.73. The van der Waals surface area contributed by atoms with E-state index in [-0.39, 0.29) is 25.9 Å². The van der Waals surface area contributed by atoms with Crippen molar-refractivity contribution in [2.75, 3.05) is 0 Å². The van der Waals surface area contributed by atoms with E-state index in [1.807, 2.05) is 78.9 Å². The molecule has 4 aromatic rings. The van der Waals surface area contributed by atoms with Gasteiger partial charge in [0.05, 0.1) is 0 Å². The van der Waals surface area contributed by atoms with E-state index in [1.54, 1.807) is 6.20 Å². The quantitative estimate of drug-likeness (QED) is 0.304. The van der Waals surface area contributed by atoms with Crippen molar-refractivity contribution in [2.24, 2.45) is 0 Å². The number of pyridine rings is 1. The molecule has 0 unspecified atom stereocenters. The minimum absolute atomic E-state index is 0. The van der Waals surface area contributed by atoms with Crippen LogP contribution < -0.4 is 0 Å².